The Morgan fingerprint density at radius 2 is 1.86 bits per heavy atom. The highest BCUT2D eigenvalue weighted by Gasteiger charge is 2.19. The van der Waals surface area contributed by atoms with E-state index in [1.165, 1.54) is 22.4 Å². The second-order valence-corrected chi connectivity index (χ2v) is 6.36. The van der Waals surface area contributed by atoms with Gasteiger partial charge in [-0.1, -0.05) is 36.2 Å². The van der Waals surface area contributed by atoms with Crippen LogP contribution in [-0.4, -0.2) is 16.3 Å². The van der Waals surface area contributed by atoms with Gasteiger partial charge in [0, 0.05) is 6.54 Å². The molecule has 0 fully saturated rings. The van der Waals surface area contributed by atoms with Gasteiger partial charge in [0.1, 0.15) is 0 Å². The highest BCUT2D eigenvalue weighted by atomic mass is 79.9. The molecule has 2 rings (SSSR count). The summed E-state index contributed by atoms with van der Waals surface area (Å²) >= 11 is 3.65. The highest BCUT2D eigenvalue weighted by molar-refractivity contribution is 9.10. The third-order valence-corrected chi connectivity index (χ3v) is 4.25. The van der Waals surface area contributed by atoms with E-state index < -0.39 is 0 Å². The van der Waals surface area contributed by atoms with Gasteiger partial charge < -0.3 is 5.32 Å². The topological polar surface area (TPSA) is 29.9 Å². The number of nitrogens with zero attached hydrogens (tertiary/aromatic N) is 2. The fraction of sp³-hybridized carbons (Fsp3) is 0.471. The zero-order valence-corrected chi connectivity index (χ0v) is 14.9. The normalized spacial score (nSPS) is 12.6. The predicted molar refractivity (Wildman–Crippen MR) is 91.6 cm³/mol. The molecule has 0 aliphatic carbocycles. The standard InChI is InChI=1S/C17H24BrN3/c1-5-19-16(17-15(18)11-20-21(17)6-2)10-14-8-12(3)7-13(4)9-14/h7-9,11,16,19H,5-6,10H2,1-4H3. The Labute approximate surface area is 135 Å². The smallest absolute Gasteiger partial charge is 0.0698 e. The lowest BCUT2D eigenvalue weighted by Crippen LogP contribution is -2.26. The minimum Gasteiger partial charge on any atom is -0.309 e. The molecule has 3 nitrogen and oxygen atoms in total. The Bertz CT molecular complexity index is 584. The molecular weight excluding hydrogens is 326 g/mol. The number of halogens is 1. The molecule has 0 saturated heterocycles. The summed E-state index contributed by atoms with van der Waals surface area (Å²) in [5.41, 5.74) is 5.25. The molecule has 4 heteroatoms. The third kappa shape index (κ3) is 3.95. The first-order valence-corrected chi connectivity index (χ1v) is 8.36. The van der Waals surface area contributed by atoms with E-state index in [0.717, 1.165) is 24.0 Å². The van der Waals surface area contributed by atoms with E-state index in [1.54, 1.807) is 0 Å². The first-order chi connectivity index (χ1) is 10.0. The number of hydrogen-bond acceptors (Lipinski definition) is 2. The lowest BCUT2D eigenvalue weighted by Gasteiger charge is -2.20. The molecule has 1 N–H and O–H groups in total. The van der Waals surface area contributed by atoms with Crippen molar-refractivity contribution >= 4 is 15.9 Å². The van der Waals surface area contributed by atoms with Crippen molar-refractivity contribution in [1.29, 1.82) is 0 Å². The summed E-state index contributed by atoms with van der Waals surface area (Å²) in [6.45, 7) is 10.4. The van der Waals surface area contributed by atoms with Crippen molar-refractivity contribution in [2.24, 2.45) is 0 Å². The fourth-order valence-electron chi connectivity index (χ4n) is 2.90. The number of benzene rings is 1. The summed E-state index contributed by atoms with van der Waals surface area (Å²) in [5.74, 6) is 0. The van der Waals surface area contributed by atoms with Crippen LogP contribution in [0.1, 0.15) is 42.3 Å². The minimum absolute atomic E-state index is 0.271. The Morgan fingerprint density at radius 1 is 1.19 bits per heavy atom. The predicted octanol–water partition coefficient (Wildman–Crippen LogP) is 4.18. The fourth-order valence-corrected chi connectivity index (χ4v) is 3.48. The molecule has 0 aliphatic rings. The highest BCUT2D eigenvalue weighted by Crippen LogP contribution is 2.27. The van der Waals surface area contributed by atoms with E-state index in [1.807, 2.05) is 6.20 Å². The molecule has 114 valence electrons. The van der Waals surface area contributed by atoms with Crippen LogP contribution in [0.3, 0.4) is 0 Å². The Morgan fingerprint density at radius 3 is 2.43 bits per heavy atom. The van der Waals surface area contributed by atoms with Crippen LogP contribution in [0, 0.1) is 13.8 Å². The lowest BCUT2D eigenvalue weighted by atomic mass is 9.99. The van der Waals surface area contributed by atoms with Gasteiger partial charge in [0.2, 0.25) is 0 Å². The van der Waals surface area contributed by atoms with Crippen LogP contribution in [0.2, 0.25) is 0 Å². The summed E-state index contributed by atoms with van der Waals surface area (Å²) < 4.78 is 3.15. The Kier molecular flexibility index (Phi) is 5.59. The molecule has 0 bridgehead atoms. The van der Waals surface area contributed by atoms with E-state index in [0.29, 0.717) is 0 Å². The number of rotatable bonds is 6. The van der Waals surface area contributed by atoms with Gasteiger partial charge >= 0.3 is 0 Å². The monoisotopic (exact) mass is 349 g/mol. The van der Waals surface area contributed by atoms with Crippen molar-refractivity contribution in [2.45, 2.75) is 46.7 Å². The zero-order chi connectivity index (χ0) is 15.4. The van der Waals surface area contributed by atoms with Crippen LogP contribution in [0.25, 0.3) is 0 Å². The van der Waals surface area contributed by atoms with Gasteiger partial charge in [-0.15, -0.1) is 0 Å². The number of aryl methyl sites for hydroxylation is 3. The second kappa shape index (κ2) is 7.23. The average molecular weight is 350 g/mol. The molecule has 1 aromatic heterocycles. The SMILES string of the molecule is CCNC(Cc1cc(C)cc(C)c1)c1c(Br)cnn1CC. The van der Waals surface area contributed by atoms with Crippen LogP contribution >= 0.6 is 15.9 Å². The van der Waals surface area contributed by atoms with Gasteiger partial charge in [0.05, 0.1) is 22.4 Å². The minimum atomic E-state index is 0.271. The third-order valence-electron chi connectivity index (χ3n) is 3.63. The Balaban J connectivity index is 2.32. The van der Waals surface area contributed by atoms with E-state index in [9.17, 15) is 0 Å². The summed E-state index contributed by atoms with van der Waals surface area (Å²) in [5, 5.41) is 8.04. The summed E-state index contributed by atoms with van der Waals surface area (Å²) in [7, 11) is 0. The molecule has 1 atom stereocenters. The molecule has 1 unspecified atom stereocenters. The van der Waals surface area contributed by atoms with Gasteiger partial charge in [0.25, 0.3) is 0 Å². The van der Waals surface area contributed by atoms with E-state index in [2.05, 4.69) is 76.9 Å². The van der Waals surface area contributed by atoms with Crippen molar-refractivity contribution < 1.29 is 0 Å². The van der Waals surface area contributed by atoms with Crippen LogP contribution in [0.5, 0.6) is 0 Å². The van der Waals surface area contributed by atoms with E-state index >= 15 is 0 Å². The lowest BCUT2D eigenvalue weighted by molar-refractivity contribution is 0.488. The van der Waals surface area contributed by atoms with Gasteiger partial charge in [-0.25, -0.2) is 0 Å². The molecule has 0 amide bonds. The van der Waals surface area contributed by atoms with Crippen molar-refractivity contribution in [3.8, 4) is 0 Å². The molecule has 0 spiro atoms. The zero-order valence-electron chi connectivity index (χ0n) is 13.3. The Hall–Kier alpha value is -1.13. The van der Waals surface area contributed by atoms with Gasteiger partial charge in [-0.2, -0.15) is 5.10 Å². The quantitative estimate of drug-likeness (QED) is 0.847. The number of hydrogen-bond donors (Lipinski definition) is 1. The number of aromatic nitrogens is 2. The maximum absolute atomic E-state index is 4.44. The van der Waals surface area contributed by atoms with Crippen LogP contribution in [0.4, 0.5) is 0 Å². The van der Waals surface area contributed by atoms with Crippen molar-refractivity contribution in [2.75, 3.05) is 6.54 Å². The average Bonchev–Trinajstić information content (AvgIpc) is 2.78. The molecular formula is C17H24BrN3. The van der Waals surface area contributed by atoms with Gasteiger partial charge in [-0.3, -0.25) is 4.68 Å². The molecule has 1 aromatic carbocycles. The maximum Gasteiger partial charge on any atom is 0.0698 e. The molecule has 0 aliphatic heterocycles. The molecule has 2 aromatic rings. The molecule has 1 heterocycles. The van der Waals surface area contributed by atoms with Crippen molar-refractivity contribution in [3.63, 3.8) is 0 Å². The van der Waals surface area contributed by atoms with Crippen molar-refractivity contribution in [3.05, 3.63) is 51.3 Å². The molecule has 0 saturated carbocycles. The summed E-state index contributed by atoms with van der Waals surface area (Å²) in [6.07, 6.45) is 2.87. The second-order valence-electron chi connectivity index (χ2n) is 5.50. The van der Waals surface area contributed by atoms with Crippen molar-refractivity contribution in [1.82, 2.24) is 15.1 Å². The number of nitrogens with one attached hydrogen (secondary N) is 1. The molecule has 21 heavy (non-hydrogen) atoms. The van der Waals surface area contributed by atoms with Gasteiger partial charge in [0.15, 0.2) is 0 Å². The molecule has 0 radical (unpaired) electrons. The van der Waals surface area contributed by atoms with E-state index in [-0.39, 0.29) is 6.04 Å². The first kappa shape index (κ1) is 16.2. The number of likely N-dealkylation sites (N-methyl/N-ethyl adjacent to an activating group) is 1. The summed E-state index contributed by atoms with van der Waals surface area (Å²) in [4.78, 5) is 0. The summed E-state index contributed by atoms with van der Waals surface area (Å²) in [6, 6.07) is 7.04. The van der Waals surface area contributed by atoms with Crippen LogP contribution in [0.15, 0.2) is 28.9 Å². The first-order valence-electron chi connectivity index (χ1n) is 7.56. The van der Waals surface area contributed by atoms with E-state index in [4.69, 9.17) is 0 Å². The van der Waals surface area contributed by atoms with Crippen LogP contribution in [-0.2, 0) is 13.0 Å². The largest absolute Gasteiger partial charge is 0.309 e. The van der Waals surface area contributed by atoms with Crippen LogP contribution < -0.4 is 5.32 Å². The van der Waals surface area contributed by atoms with Gasteiger partial charge in [-0.05, 0) is 55.2 Å². The maximum atomic E-state index is 4.44.